The van der Waals surface area contributed by atoms with Gasteiger partial charge in [0, 0.05) is 13.1 Å². The van der Waals surface area contributed by atoms with Gasteiger partial charge >= 0.3 is 5.97 Å². The van der Waals surface area contributed by atoms with E-state index in [1.165, 1.54) is 6.07 Å². The molecule has 0 N–H and O–H groups in total. The van der Waals surface area contributed by atoms with Crippen molar-refractivity contribution < 1.29 is 18.7 Å². The Morgan fingerprint density at radius 2 is 2.17 bits per heavy atom. The molecule has 1 saturated heterocycles. The minimum atomic E-state index is -0.500. The van der Waals surface area contributed by atoms with E-state index in [0.29, 0.717) is 25.3 Å². The predicted molar refractivity (Wildman–Crippen MR) is 88.8 cm³/mol. The van der Waals surface area contributed by atoms with Crippen molar-refractivity contribution in [3.8, 4) is 0 Å². The van der Waals surface area contributed by atoms with Gasteiger partial charge in [0.15, 0.2) is 0 Å². The largest absolute Gasteiger partial charge is 0.466 e. The molecule has 1 fully saturated rings. The standard InChI is InChI=1S/C17H21BrFNO3/c1-2-23-17(22)13-7-5-9-20(11-13)16(21)14(18)10-12-6-3-4-8-15(12)19/h3-4,6,8,13-14H,2,5,7,9-11H2,1H3. The summed E-state index contributed by atoms with van der Waals surface area (Å²) in [6.45, 7) is 3.11. The van der Waals surface area contributed by atoms with E-state index in [-0.39, 0.29) is 30.0 Å². The quantitative estimate of drug-likeness (QED) is 0.578. The highest BCUT2D eigenvalue weighted by Gasteiger charge is 2.31. The third-order valence-electron chi connectivity index (χ3n) is 3.98. The molecule has 6 heteroatoms. The van der Waals surface area contributed by atoms with Gasteiger partial charge in [-0.15, -0.1) is 0 Å². The van der Waals surface area contributed by atoms with Crippen LogP contribution in [0.15, 0.2) is 24.3 Å². The molecular formula is C17H21BrFNO3. The minimum Gasteiger partial charge on any atom is -0.466 e. The maximum absolute atomic E-state index is 13.7. The van der Waals surface area contributed by atoms with E-state index in [9.17, 15) is 14.0 Å². The zero-order chi connectivity index (χ0) is 16.8. The van der Waals surface area contributed by atoms with Crippen LogP contribution in [0.2, 0.25) is 0 Å². The topological polar surface area (TPSA) is 46.6 Å². The van der Waals surface area contributed by atoms with Crippen LogP contribution < -0.4 is 0 Å². The molecule has 1 aromatic carbocycles. The molecule has 0 saturated carbocycles. The fourth-order valence-electron chi connectivity index (χ4n) is 2.77. The summed E-state index contributed by atoms with van der Waals surface area (Å²) in [4.78, 5) is 25.6. The molecule has 0 radical (unpaired) electrons. The van der Waals surface area contributed by atoms with Crippen LogP contribution in [0.1, 0.15) is 25.3 Å². The Bertz CT molecular complexity index is 567. The number of benzene rings is 1. The SMILES string of the molecule is CCOC(=O)C1CCCN(C(=O)C(Br)Cc2ccccc2F)C1. The van der Waals surface area contributed by atoms with E-state index in [0.717, 1.165) is 12.8 Å². The van der Waals surface area contributed by atoms with Crippen molar-refractivity contribution in [3.63, 3.8) is 0 Å². The van der Waals surface area contributed by atoms with Crippen molar-refractivity contribution in [2.24, 2.45) is 5.92 Å². The second-order valence-electron chi connectivity index (χ2n) is 5.64. The second kappa shape index (κ2) is 8.43. The lowest BCUT2D eigenvalue weighted by molar-refractivity contribution is -0.151. The van der Waals surface area contributed by atoms with E-state index in [1.807, 2.05) is 0 Å². The number of carbonyl (C=O) groups is 2. The molecule has 4 nitrogen and oxygen atoms in total. The molecule has 1 aliphatic heterocycles. The third-order valence-corrected chi connectivity index (χ3v) is 4.69. The predicted octanol–water partition coefficient (Wildman–Crippen LogP) is 2.93. The van der Waals surface area contributed by atoms with Crippen LogP contribution in [-0.4, -0.2) is 41.3 Å². The average molecular weight is 386 g/mol. The molecule has 0 bridgehead atoms. The molecule has 2 rings (SSSR count). The van der Waals surface area contributed by atoms with Crippen LogP contribution in [0.5, 0.6) is 0 Å². The van der Waals surface area contributed by atoms with E-state index >= 15 is 0 Å². The summed E-state index contributed by atoms with van der Waals surface area (Å²) < 4.78 is 18.7. The summed E-state index contributed by atoms with van der Waals surface area (Å²) >= 11 is 3.36. The maximum Gasteiger partial charge on any atom is 0.310 e. The first kappa shape index (κ1) is 17.9. The first-order valence-corrected chi connectivity index (χ1v) is 8.77. The first-order chi connectivity index (χ1) is 11.0. The number of carbonyl (C=O) groups excluding carboxylic acids is 2. The number of hydrogen-bond donors (Lipinski definition) is 0. The van der Waals surface area contributed by atoms with Crippen molar-refractivity contribution >= 4 is 27.8 Å². The Kier molecular flexibility index (Phi) is 6.57. The van der Waals surface area contributed by atoms with Gasteiger partial charge in [-0.1, -0.05) is 34.1 Å². The molecule has 1 heterocycles. The normalized spacial score (nSPS) is 19.3. The van der Waals surface area contributed by atoms with Gasteiger partial charge in [-0.2, -0.15) is 0 Å². The van der Waals surface area contributed by atoms with Crippen molar-refractivity contribution in [1.82, 2.24) is 4.90 Å². The van der Waals surface area contributed by atoms with Crippen LogP contribution in [0.25, 0.3) is 0 Å². The molecule has 2 unspecified atom stereocenters. The zero-order valence-electron chi connectivity index (χ0n) is 13.1. The van der Waals surface area contributed by atoms with E-state index in [2.05, 4.69) is 15.9 Å². The molecule has 0 aromatic heterocycles. The van der Waals surface area contributed by atoms with Gasteiger partial charge < -0.3 is 9.64 Å². The smallest absolute Gasteiger partial charge is 0.310 e. The molecule has 0 spiro atoms. The van der Waals surface area contributed by atoms with Crippen LogP contribution in [-0.2, 0) is 20.7 Å². The monoisotopic (exact) mass is 385 g/mol. The van der Waals surface area contributed by atoms with Crippen molar-refractivity contribution in [2.45, 2.75) is 31.0 Å². The summed E-state index contributed by atoms with van der Waals surface area (Å²) in [5.74, 6) is -0.930. The Labute approximate surface area is 144 Å². The molecule has 126 valence electrons. The van der Waals surface area contributed by atoms with Gasteiger partial charge in [0.2, 0.25) is 5.91 Å². The average Bonchev–Trinajstić information content (AvgIpc) is 2.56. The maximum atomic E-state index is 13.7. The molecular weight excluding hydrogens is 365 g/mol. The number of hydrogen-bond acceptors (Lipinski definition) is 3. The van der Waals surface area contributed by atoms with Crippen LogP contribution in [0.3, 0.4) is 0 Å². The van der Waals surface area contributed by atoms with E-state index in [1.54, 1.807) is 30.0 Å². The molecule has 2 atom stereocenters. The minimum absolute atomic E-state index is 0.109. The molecule has 23 heavy (non-hydrogen) atoms. The molecule has 1 amide bonds. The fourth-order valence-corrected chi connectivity index (χ4v) is 3.41. The van der Waals surface area contributed by atoms with Gasteiger partial charge in [0.1, 0.15) is 5.82 Å². The highest BCUT2D eigenvalue weighted by molar-refractivity contribution is 9.10. The first-order valence-electron chi connectivity index (χ1n) is 7.85. The number of ether oxygens (including phenoxy) is 1. The Hall–Kier alpha value is -1.43. The summed E-state index contributed by atoms with van der Waals surface area (Å²) in [7, 11) is 0. The highest BCUT2D eigenvalue weighted by Crippen LogP contribution is 2.22. The number of nitrogens with zero attached hydrogens (tertiary/aromatic N) is 1. The Morgan fingerprint density at radius 1 is 1.43 bits per heavy atom. The molecule has 1 aliphatic rings. The Balaban J connectivity index is 1.96. The summed E-state index contributed by atoms with van der Waals surface area (Å²) in [6.07, 6.45) is 1.80. The zero-order valence-corrected chi connectivity index (χ0v) is 14.7. The highest BCUT2D eigenvalue weighted by atomic mass is 79.9. The lowest BCUT2D eigenvalue weighted by Gasteiger charge is -2.33. The number of piperidine rings is 1. The van der Waals surface area contributed by atoms with Crippen molar-refractivity contribution in [1.29, 1.82) is 0 Å². The third kappa shape index (κ3) is 4.77. The van der Waals surface area contributed by atoms with E-state index in [4.69, 9.17) is 4.74 Å². The van der Waals surface area contributed by atoms with Crippen LogP contribution in [0, 0.1) is 11.7 Å². The molecule has 1 aromatic rings. The van der Waals surface area contributed by atoms with Crippen molar-refractivity contribution in [3.05, 3.63) is 35.6 Å². The lowest BCUT2D eigenvalue weighted by Crippen LogP contribution is -2.46. The fraction of sp³-hybridized carbons (Fsp3) is 0.529. The molecule has 0 aliphatic carbocycles. The number of alkyl halides is 1. The summed E-state index contributed by atoms with van der Waals surface area (Å²) in [6, 6.07) is 6.43. The van der Waals surface area contributed by atoms with Crippen LogP contribution >= 0.6 is 15.9 Å². The summed E-state index contributed by atoms with van der Waals surface area (Å²) in [5, 5.41) is 0. The van der Waals surface area contributed by atoms with Gasteiger partial charge in [-0.3, -0.25) is 9.59 Å². The number of halogens is 2. The van der Waals surface area contributed by atoms with Gasteiger partial charge in [0.05, 0.1) is 17.4 Å². The number of amides is 1. The lowest BCUT2D eigenvalue weighted by atomic mass is 9.97. The van der Waals surface area contributed by atoms with Crippen molar-refractivity contribution in [2.75, 3.05) is 19.7 Å². The number of likely N-dealkylation sites (tertiary alicyclic amines) is 1. The van der Waals surface area contributed by atoms with E-state index < -0.39 is 4.83 Å². The Morgan fingerprint density at radius 3 is 2.87 bits per heavy atom. The van der Waals surface area contributed by atoms with Gasteiger partial charge in [0.25, 0.3) is 0 Å². The van der Waals surface area contributed by atoms with Gasteiger partial charge in [-0.05, 0) is 37.8 Å². The number of rotatable bonds is 5. The summed E-state index contributed by atoms with van der Waals surface area (Å²) in [5.41, 5.74) is 0.502. The van der Waals surface area contributed by atoms with Crippen LogP contribution in [0.4, 0.5) is 4.39 Å². The second-order valence-corrected chi connectivity index (χ2v) is 6.74. The number of esters is 1. The van der Waals surface area contributed by atoms with Gasteiger partial charge in [-0.25, -0.2) is 4.39 Å².